The Bertz CT molecular complexity index is 103. The Hall–Kier alpha value is -0.570. The van der Waals surface area contributed by atoms with Crippen LogP contribution in [-0.2, 0) is 4.79 Å². The standard InChI is InChI=1S/C6H14N2O/c1-3-4(2)5(7)6(8)9/h4-5H,3,7H2,1-2H3,(H2,8,9)/p+1/t4-,5+/m0/s1. The van der Waals surface area contributed by atoms with Crippen molar-refractivity contribution in [2.24, 2.45) is 11.7 Å². The van der Waals surface area contributed by atoms with Gasteiger partial charge in [-0.05, 0) is 6.42 Å². The number of hydrogen-bond acceptors (Lipinski definition) is 1. The van der Waals surface area contributed by atoms with E-state index in [2.05, 4.69) is 5.73 Å². The van der Waals surface area contributed by atoms with Crippen molar-refractivity contribution < 1.29 is 10.5 Å². The van der Waals surface area contributed by atoms with Crippen molar-refractivity contribution in [2.45, 2.75) is 26.3 Å². The molecule has 0 unspecified atom stereocenters. The van der Waals surface area contributed by atoms with Crippen molar-refractivity contribution in [3.8, 4) is 0 Å². The largest absolute Gasteiger partial charge is 0.365 e. The first-order valence-electron chi connectivity index (χ1n) is 3.22. The molecule has 0 bridgehead atoms. The molecule has 0 aromatic heterocycles. The zero-order chi connectivity index (χ0) is 7.44. The van der Waals surface area contributed by atoms with E-state index in [4.69, 9.17) is 5.73 Å². The number of carbonyl (C=O) groups excluding carboxylic acids is 1. The van der Waals surface area contributed by atoms with Gasteiger partial charge in [-0.2, -0.15) is 0 Å². The molecule has 1 amide bonds. The minimum Gasteiger partial charge on any atom is -0.365 e. The van der Waals surface area contributed by atoms with Gasteiger partial charge in [-0.3, -0.25) is 4.79 Å². The van der Waals surface area contributed by atoms with Crippen LogP contribution in [0.25, 0.3) is 0 Å². The van der Waals surface area contributed by atoms with Crippen molar-refractivity contribution in [1.82, 2.24) is 0 Å². The highest BCUT2D eigenvalue weighted by atomic mass is 16.1. The summed E-state index contributed by atoms with van der Waals surface area (Å²) < 4.78 is 0. The van der Waals surface area contributed by atoms with Crippen LogP contribution >= 0.6 is 0 Å². The SMILES string of the molecule is CC[C@H](C)[C@@H]([NH3+])C(N)=O. The average molecular weight is 131 g/mol. The molecular formula is C6H15N2O+. The van der Waals surface area contributed by atoms with Crippen molar-refractivity contribution in [3.63, 3.8) is 0 Å². The fraction of sp³-hybridized carbons (Fsp3) is 0.833. The van der Waals surface area contributed by atoms with Gasteiger partial charge in [0, 0.05) is 5.92 Å². The van der Waals surface area contributed by atoms with Gasteiger partial charge in [0.05, 0.1) is 0 Å². The fourth-order valence-electron chi connectivity index (χ4n) is 0.565. The number of nitrogens with two attached hydrogens (primary N) is 1. The molecular weight excluding hydrogens is 116 g/mol. The fourth-order valence-corrected chi connectivity index (χ4v) is 0.565. The maximum Gasteiger partial charge on any atom is 0.275 e. The predicted molar refractivity (Wildman–Crippen MR) is 35.3 cm³/mol. The van der Waals surface area contributed by atoms with Crippen molar-refractivity contribution in [2.75, 3.05) is 0 Å². The second-order valence-corrected chi connectivity index (χ2v) is 2.39. The number of primary amides is 1. The number of quaternary nitrogens is 1. The minimum absolute atomic E-state index is 0.227. The Morgan fingerprint density at radius 3 is 2.33 bits per heavy atom. The molecule has 2 atom stereocenters. The van der Waals surface area contributed by atoms with Gasteiger partial charge in [-0.15, -0.1) is 0 Å². The first-order valence-corrected chi connectivity index (χ1v) is 3.22. The number of amides is 1. The Morgan fingerprint density at radius 2 is 2.22 bits per heavy atom. The molecule has 0 radical (unpaired) electrons. The summed E-state index contributed by atoms with van der Waals surface area (Å²) >= 11 is 0. The van der Waals surface area contributed by atoms with Gasteiger partial charge in [0.1, 0.15) is 0 Å². The third-order valence-corrected chi connectivity index (χ3v) is 1.70. The molecule has 0 heterocycles. The molecule has 0 aromatic carbocycles. The molecule has 0 saturated carbocycles. The molecule has 5 N–H and O–H groups in total. The first kappa shape index (κ1) is 8.43. The summed E-state index contributed by atoms with van der Waals surface area (Å²) in [5.74, 6) is 0.00634. The number of hydrogen-bond donors (Lipinski definition) is 2. The second kappa shape index (κ2) is 3.45. The van der Waals surface area contributed by atoms with Gasteiger partial charge in [0.2, 0.25) is 0 Å². The zero-order valence-corrected chi connectivity index (χ0v) is 6.05. The molecule has 9 heavy (non-hydrogen) atoms. The van der Waals surface area contributed by atoms with Gasteiger partial charge < -0.3 is 11.5 Å². The van der Waals surface area contributed by atoms with Crippen molar-refractivity contribution >= 4 is 5.91 Å². The molecule has 0 aliphatic carbocycles. The van der Waals surface area contributed by atoms with E-state index >= 15 is 0 Å². The molecule has 0 aliphatic rings. The van der Waals surface area contributed by atoms with Crippen LogP contribution in [0.5, 0.6) is 0 Å². The van der Waals surface area contributed by atoms with E-state index in [9.17, 15) is 4.79 Å². The lowest BCUT2D eigenvalue weighted by Gasteiger charge is -2.09. The summed E-state index contributed by atoms with van der Waals surface area (Å²) in [6.45, 7) is 3.99. The van der Waals surface area contributed by atoms with Crippen molar-refractivity contribution in [1.29, 1.82) is 0 Å². The first-order chi connectivity index (χ1) is 4.09. The van der Waals surface area contributed by atoms with Gasteiger partial charge >= 0.3 is 0 Å². The summed E-state index contributed by atoms with van der Waals surface area (Å²) in [6.07, 6.45) is 0.955. The van der Waals surface area contributed by atoms with Crippen LogP contribution in [0.15, 0.2) is 0 Å². The van der Waals surface area contributed by atoms with Crippen LogP contribution in [-0.4, -0.2) is 11.9 Å². The Balaban J connectivity index is 3.72. The van der Waals surface area contributed by atoms with Crippen LogP contribution < -0.4 is 11.5 Å². The molecule has 0 saturated heterocycles. The summed E-state index contributed by atoms with van der Waals surface area (Å²) in [4.78, 5) is 10.5. The van der Waals surface area contributed by atoms with Crippen LogP contribution in [0.3, 0.4) is 0 Å². The summed E-state index contributed by atoms with van der Waals surface area (Å²) in [5, 5.41) is 0. The topological polar surface area (TPSA) is 70.7 Å². The predicted octanol–water partition coefficient (Wildman–Crippen LogP) is -0.872. The highest BCUT2D eigenvalue weighted by Gasteiger charge is 2.19. The van der Waals surface area contributed by atoms with E-state index in [1.54, 1.807) is 0 Å². The second-order valence-electron chi connectivity index (χ2n) is 2.39. The summed E-state index contributed by atoms with van der Waals surface area (Å²) in [7, 11) is 0. The maximum atomic E-state index is 10.5. The molecule has 3 heteroatoms. The highest BCUT2D eigenvalue weighted by Crippen LogP contribution is 2.01. The van der Waals surface area contributed by atoms with Gasteiger partial charge in [-0.1, -0.05) is 13.8 Å². The van der Waals surface area contributed by atoms with Crippen LogP contribution in [0.2, 0.25) is 0 Å². The lowest BCUT2D eigenvalue weighted by molar-refractivity contribution is -0.414. The molecule has 0 fully saturated rings. The molecule has 54 valence electrons. The summed E-state index contributed by atoms with van der Waals surface area (Å²) in [6, 6.07) is -0.227. The van der Waals surface area contributed by atoms with E-state index in [1.807, 2.05) is 13.8 Å². The molecule has 0 spiro atoms. The van der Waals surface area contributed by atoms with Crippen LogP contribution in [0.1, 0.15) is 20.3 Å². The molecule has 3 nitrogen and oxygen atoms in total. The number of rotatable bonds is 3. The van der Waals surface area contributed by atoms with E-state index in [0.717, 1.165) is 6.42 Å². The summed E-state index contributed by atoms with van der Waals surface area (Å²) in [5.41, 5.74) is 8.64. The van der Waals surface area contributed by atoms with Crippen molar-refractivity contribution in [3.05, 3.63) is 0 Å². The highest BCUT2D eigenvalue weighted by molar-refractivity contribution is 5.78. The zero-order valence-electron chi connectivity index (χ0n) is 6.05. The van der Waals surface area contributed by atoms with E-state index < -0.39 is 0 Å². The number of carbonyl (C=O) groups is 1. The van der Waals surface area contributed by atoms with Gasteiger partial charge in [0.25, 0.3) is 5.91 Å². The molecule has 0 rings (SSSR count). The molecule has 0 aliphatic heterocycles. The maximum absolute atomic E-state index is 10.5. The minimum atomic E-state index is -0.302. The van der Waals surface area contributed by atoms with E-state index in [1.165, 1.54) is 0 Å². The Labute approximate surface area is 55.4 Å². The quantitative estimate of drug-likeness (QED) is 0.513. The smallest absolute Gasteiger partial charge is 0.275 e. The van der Waals surface area contributed by atoms with Gasteiger partial charge in [0.15, 0.2) is 6.04 Å². The monoisotopic (exact) mass is 131 g/mol. The Kier molecular flexibility index (Phi) is 3.24. The average Bonchev–Trinajstić information content (AvgIpc) is 1.84. The lowest BCUT2D eigenvalue weighted by Crippen LogP contribution is -2.69. The normalized spacial score (nSPS) is 16.8. The third kappa shape index (κ3) is 2.46. The van der Waals surface area contributed by atoms with E-state index in [-0.39, 0.29) is 11.9 Å². The van der Waals surface area contributed by atoms with Gasteiger partial charge in [-0.25, -0.2) is 0 Å². The Morgan fingerprint density at radius 1 is 1.78 bits per heavy atom. The van der Waals surface area contributed by atoms with Crippen LogP contribution in [0.4, 0.5) is 0 Å². The van der Waals surface area contributed by atoms with E-state index in [0.29, 0.717) is 5.92 Å². The third-order valence-electron chi connectivity index (χ3n) is 1.70. The molecule has 0 aromatic rings. The van der Waals surface area contributed by atoms with Crippen LogP contribution in [0, 0.1) is 5.92 Å². The lowest BCUT2D eigenvalue weighted by atomic mass is 10.00.